The molecule has 1 N–H and O–H groups in total. The lowest BCUT2D eigenvalue weighted by molar-refractivity contribution is 0.424. The van der Waals surface area contributed by atoms with Gasteiger partial charge in [-0.1, -0.05) is 51.9 Å². The number of rotatable bonds is 13. The van der Waals surface area contributed by atoms with Crippen molar-refractivity contribution in [3.05, 3.63) is 0 Å². The molecule has 0 spiro atoms. The molecule has 0 atom stereocenters. The quantitative estimate of drug-likeness (QED) is 0.474. The average molecular weight is 266 g/mol. The summed E-state index contributed by atoms with van der Waals surface area (Å²) in [4.78, 5) is 0. The van der Waals surface area contributed by atoms with Crippen LogP contribution in [0.15, 0.2) is 0 Å². The van der Waals surface area contributed by atoms with Crippen LogP contribution in [0, 0.1) is 16.7 Å². The Morgan fingerprint density at radius 3 is 1.95 bits per heavy atom. The van der Waals surface area contributed by atoms with Crippen LogP contribution < -0.4 is 5.32 Å². The molecule has 0 aliphatic heterocycles. The van der Waals surface area contributed by atoms with Gasteiger partial charge in [0.05, 0.1) is 11.5 Å². The van der Waals surface area contributed by atoms with Crippen molar-refractivity contribution >= 4 is 0 Å². The molecule has 0 aliphatic rings. The number of nitriles is 1. The van der Waals surface area contributed by atoms with Crippen LogP contribution in [-0.2, 0) is 0 Å². The monoisotopic (exact) mass is 266 g/mol. The Kier molecular flexibility index (Phi) is 12.1. The highest BCUT2D eigenvalue weighted by Crippen LogP contribution is 2.19. The molecule has 0 fully saturated rings. The number of nitrogens with zero attached hydrogens (tertiary/aromatic N) is 1. The fourth-order valence-corrected chi connectivity index (χ4v) is 2.22. The molecular weight excluding hydrogens is 232 g/mol. The van der Waals surface area contributed by atoms with Crippen molar-refractivity contribution < 1.29 is 0 Å². The fraction of sp³-hybridized carbons (Fsp3) is 0.941. The van der Waals surface area contributed by atoms with E-state index in [9.17, 15) is 0 Å². The van der Waals surface area contributed by atoms with Crippen LogP contribution in [0.1, 0.15) is 85.0 Å². The van der Waals surface area contributed by atoms with Crippen LogP contribution in [0.25, 0.3) is 0 Å². The van der Waals surface area contributed by atoms with E-state index in [1.54, 1.807) is 0 Å². The first-order valence-corrected chi connectivity index (χ1v) is 8.24. The molecule has 0 aliphatic carbocycles. The standard InChI is InChI=1S/C17H34N2/c1-4-5-6-7-8-9-10-11-14-19-15-12-13-17(2,3)16-18/h19H,4-15H2,1-3H3. The van der Waals surface area contributed by atoms with Gasteiger partial charge in [0.2, 0.25) is 0 Å². The molecule has 0 unspecified atom stereocenters. The maximum Gasteiger partial charge on any atom is 0.0683 e. The first-order valence-electron chi connectivity index (χ1n) is 8.24. The van der Waals surface area contributed by atoms with E-state index in [1.165, 1.54) is 51.4 Å². The first kappa shape index (κ1) is 18.4. The second-order valence-corrected chi connectivity index (χ2v) is 6.32. The van der Waals surface area contributed by atoms with E-state index >= 15 is 0 Å². The molecule has 0 aromatic rings. The van der Waals surface area contributed by atoms with Gasteiger partial charge in [0, 0.05) is 0 Å². The summed E-state index contributed by atoms with van der Waals surface area (Å²) in [6, 6.07) is 2.35. The van der Waals surface area contributed by atoms with Gasteiger partial charge in [0.15, 0.2) is 0 Å². The Morgan fingerprint density at radius 1 is 0.842 bits per heavy atom. The summed E-state index contributed by atoms with van der Waals surface area (Å²) in [6.07, 6.45) is 13.2. The van der Waals surface area contributed by atoms with Crippen molar-refractivity contribution in [2.45, 2.75) is 85.0 Å². The van der Waals surface area contributed by atoms with Crippen molar-refractivity contribution in [3.8, 4) is 6.07 Å². The molecule has 0 bridgehead atoms. The summed E-state index contributed by atoms with van der Waals surface area (Å²) < 4.78 is 0. The molecule has 0 aromatic carbocycles. The van der Waals surface area contributed by atoms with Gasteiger partial charge in [-0.25, -0.2) is 0 Å². The van der Waals surface area contributed by atoms with Gasteiger partial charge < -0.3 is 5.32 Å². The van der Waals surface area contributed by atoms with Crippen LogP contribution in [-0.4, -0.2) is 13.1 Å². The predicted octanol–water partition coefficient (Wildman–Crippen LogP) is 5.05. The number of hydrogen-bond donors (Lipinski definition) is 1. The van der Waals surface area contributed by atoms with Gasteiger partial charge in [0.1, 0.15) is 0 Å². The van der Waals surface area contributed by atoms with Crippen molar-refractivity contribution in [1.29, 1.82) is 5.26 Å². The lowest BCUT2D eigenvalue weighted by Gasteiger charge is -2.14. The van der Waals surface area contributed by atoms with Crippen LogP contribution in [0.3, 0.4) is 0 Å². The van der Waals surface area contributed by atoms with Gasteiger partial charge in [-0.15, -0.1) is 0 Å². The summed E-state index contributed by atoms with van der Waals surface area (Å²) in [6.45, 7) is 8.50. The molecule has 0 amide bonds. The maximum atomic E-state index is 8.90. The van der Waals surface area contributed by atoms with E-state index in [4.69, 9.17) is 5.26 Å². The molecule has 112 valence electrons. The lowest BCUT2D eigenvalue weighted by Crippen LogP contribution is -2.19. The third-order valence-corrected chi connectivity index (χ3v) is 3.67. The summed E-state index contributed by atoms with van der Waals surface area (Å²) in [7, 11) is 0. The zero-order chi connectivity index (χ0) is 14.4. The van der Waals surface area contributed by atoms with E-state index in [1.807, 2.05) is 13.8 Å². The molecule has 0 rings (SSSR count). The van der Waals surface area contributed by atoms with Crippen molar-refractivity contribution in [3.63, 3.8) is 0 Å². The van der Waals surface area contributed by atoms with Crippen LogP contribution >= 0.6 is 0 Å². The highest BCUT2D eigenvalue weighted by molar-refractivity contribution is 4.91. The number of hydrogen-bond acceptors (Lipinski definition) is 2. The smallest absolute Gasteiger partial charge is 0.0683 e. The summed E-state index contributed by atoms with van der Waals surface area (Å²) in [5.41, 5.74) is -0.153. The third-order valence-electron chi connectivity index (χ3n) is 3.67. The Balaban J connectivity index is 3.10. The Labute approximate surface area is 121 Å². The molecule has 0 saturated carbocycles. The second kappa shape index (κ2) is 12.5. The molecule has 0 aromatic heterocycles. The zero-order valence-corrected chi connectivity index (χ0v) is 13.4. The van der Waals surface area contributed by atoms with Crippen molar-refractivity contribution in [2.24, 2.45) is 5.41 Å². The molecule has 2 nitrogen and oxygen atoms in total. The Hall–Kier alpha value is -0.550. The summed E-state index contributed by atoms with van der Waals surface area (Å²) >= 11 is 0. The van der Waals surface area contributed by atoms with Crippen LogP contribution in [0.2, 0.25) is 0 Å². The molecule has 2 heteroatoms. The summed E-state index contributed by atoms with van der Waals surface area (Å²) in [5, 5.41) is 12.4. The molecule has 0 heterocycles. The fourth-order valence-electron chi connectivity index (χ4n) is 2.22. The van der Waals surface area contributed by atoms with Gasteiger partial charge in [-0.05, 0) is 46.2 Å². The normalized spacial score (nSPS) is 11.5. The van der Waals surface area contributed by atoms with Gasteiger partial charge >= 0.3 is 0 Å². The Bertz CT molecular complexity index is 228. The largest absolute Gasteiger partial charge is 0.317 e. The van der Waals surface area contributed by atoms with Gasteiger partial charge in [-0.3, -0.25) is 0 Å². The van der Waals surface area contributed by atoms with Crippen LogP contribution in [0.5, 0.6) is 0 Å². The molecule has 19 heavy (non-hydrogen) atoms. The lowest BCUT2D eigenvalue weighted by atomic mass is 9.90. The van der Waals surface area contributed by atoms with Gasteiger partial charge in [0.25, 0.3) is 0 Å². The predicted molar refractivity (Wildman–Crippen MR) is 84.1 cm³/mol. The SMILES string of the molecule is CCCCCCCCCCNCCCC(C)(C)C#N. The van der Waals surface area contributed by atoms with Crippen LogP contribution in [0.4, 0.5) is 0 Å². The summed E-state index contributed by atoms with van der Waals surface area (Å²) in [5.74, 6) is 0. The van der Waals surface area contributed by atoms with E-state index in [-0.39, 0.29) is 5.41 Å². The highest BCUT2D eigenvalue weighted by atomic mass is 14.8. The minimum Gasteiger partial charge on any atom is -0.317 e. The topological polar surface area (TPSA) is 35.8 Å². The molecular formula is C17H34N2. The third kappa shape index (κ3) is 13.7. The first-order chi connectivity index (χ1) is 9.12. The average Bonchev–Trinajstić information content (AvgIpc) is 2.40. The maximum absolute atomic E-state index is 8.90. The molecule has 0 saturated heterocycles. The minimum atomic E-state index is -0.153. The number of unbranched alkanes of at least 4 members (excludes halogenated alkanes) is 7. The van der Waals surface area contributed by atoms with E-state index < -0.39 is 0 Å². The minimum absolute atomic E-state index is 0.153. The van der Waals surface area contributed by atoms with E-state index in [0.29, 0.717) is 0 Å². The second-order valence-electron chi connectivity index (χ2n) is 6.32. The van der Waals surface area contributed by atoms with Gasteiger partial charge in [-0.2, -0.15) is 5.26 Å². The zero-order valence-electron chi connectivity index (χ0n) is 13.4. The number of nitrogens with one attached hydrogen (secondary N) is 1. The highest BCUT2D eigenvalue weighted by Gasteiger charge is 2.14. The van der Waals surface area contributed by atoms with Crippen molar-refractivity contribution in [2.75, 3.05) is 13.1 Å². The van der Waals surface area contributed by atoms with E-state index in [0.717, 1.165) is 25.9 Å². The Morgan fingerprint density at radius 2 is 1.37 bits per heavy atom. The van der Waals surface area contributed by atoms with Crippen molar-refractivity contribution in [1.82, 2.24) is 5.32 Å². The molecule has 0 radical (unpaired) electrons. The van der Waals surface area contributed by atoms with E-state index in [2.05, 4.69) is 18.3 Å².